The van der Waals surface area contributed by atoms with Crippen LogP contribution in [-0.2, 0) is 4.79 Å². The van der Waals surface area contributed by atoms with E-state index in [2.05, 4.69) is 26.2 Å². The summed E-state index contributed by atoms with van der Waals surface area (Å²) in [6.07, 6.45) is 7.08. The van der Waals surface area contributed by atoms with Crippen LogP contribution >= 0.6 is 0 Å². The number of hydrogen-bond acceptors (Lipinski definition) is 5. The lowest BCUT2D eigenvalue weighted by Crippen LogP contribution is -2.42. The number of carbonyl (C=O) groups excluding carboxylic acids is 1. The number of amides is 1. The molecule has 4 rings (SSSR count). The number of carbonyl (C=O) groups is 1. The lowest BCUT2D eigenvalue weighted by Gasteiger charge is -2.32. The van der Waals surface area contributed by atoms with Crippen LogP contribution in [0.25, 0.3) is 0 Å². The Morgan fingerprint density at radius 2 is 1.96 bits per heavy atom. The van der Waals surface area contributed by atoms with E-state index in [4.69, 9.17) is 4.98 Å². The smallest absolute Gasteiger partial charge is 0.234 e. The number of likely N-dealkylation sites (tertiary alicyclic amines) is 1. The molecule has 6 nitrogen and oxygen atoms in total. The molecule has 1 N–H and O–H groups in total. The standard InChI is InChI=1S/C19H29N5O/c1-14-20-17(11-18(21-14)24-9-2-3-10-24)15-5-4-8-23(12-15)13-19(25)22-16-6-7-16/h11,15-16H,2-10,12-13H2,1H3,(H,22,25)/t15-/m1/s1. The lowest BCUT2D eigenvalue weighted by molar-refractivity contribution is -0.122. The zero-order valence-electron chi connectivity index (χ0n) is 15.2. The molecule has 136 valence electrons. The Hall–Kier alpha value is -1.69. The molecule has 0 unspecified atom stereocenters. The van der Waals surface area contributed by atoms with Crippen LogP contribution in [0.3, 0.4) is 0 Å². The second-order valence-corrected chi connectivity index (χ2v) is 7.81. The van der Waals surface area contributed by atoms with Crippen LogP contribution < -0.4 is 10.2 Å². The van der Waals surface area contributed by atoms with E-state index in [0.29, 0.717) is 18.5 Å². The minimum absolute atomic E-state index is 0.180. The van der Waals surface area contributed by atoms with Gasteiger partial charge in [-0.25, -0.2) is 9.97 Å². The van der Waals surface area contributed by atoms with Gasteiger partial charge in [0.05, 0.1) is 12.2 Å². The molecule has 2 saturated heterocycles. The molecule has 0 aromatic carbocycles. The normalized spacial score (nSPS) is 24.5. The quantitative estimate of drug-likeness (QED) is 0.884. The Morgan fingerprint density at radius 3 is 2.72 bits per heavy atom. The summed E-state index contributed by atoms with van der Waals surface area (Å²) < 4.78 is 0. The fourth-order valence-corrected chi connectivity index (χ4v) is 4.04. The van der Waals surface area contributed by atoms with Crippen molar-refractivity contribution in [2.45, 2.75) is 57.4 Å². The van der Waals surface area contributed by atoms with Crippen molar-refractivity contribution in [3.8, 4) is 0 Å². The molecular formula is C19H29N5O. The van der Waals surface area contributed by atoms with Crippen LogP contribution in [0.4, 0.5) is 5.82 Å². The molecule has 1 saturated carbocycles. The first-order chi connectivity index (χ1) is 12.2. The maximum Gasteiger partial charge on any atom is 0.234 e. The number of rotatable bonds is 5. The minimum atomic E-state index is 0.180. The van der Waals surface area contributed by atoms with Crippen molar-refractivity contribution in [1.82, 2.24) is 20.2 Å². The van der Waals surface area contributed by atoms with Crippen molar-refractivity contribution in [1.29, 1.82) is 0 Å². The van der Waals surface area contributed by atoms with Crippen LogP contribution in [0.2, 0.25) is 0 Å². The predicted molar refractivity (Wildman–Crippen MR) is 97.8 cm³/mol. The summed E-state index contributed by atoms with van der Waals surface area (Å²) in [6, 6.07) is 2.64. The average molecular weight is 343 g/mol. The second-order valence-electron chi connectivity index (χ2n) is 7.81. The molecule has 6 heteroatoms. The Balaban J connectivity index is 1.42. The van der Waals surface area contributed by atoms with Gasteiger partial charge in [0.1, 0.15) is 11.6 Å². The molecule has 1 amide bonds. The molecule has 1 aromatic rings. The van der Waals surface area contributed by atoms with Gasteiger partial charge in [0, 0.05) is 37.7 Å². The molecular weight excluding hydrogens is 314 g/mol. The van der Waals surface area contributed by atoms with E-state index in [0.717, 1.165) is 69.2 Å². The van der Waals surface area contributed by atoms with Crippen LogP contribution in [0, 0.1) is 6.92 Å². The van der Waals surface area contributed by atoms with Gasteiger partial charge in [-0.1, -0.05) is 0 Å². The van der Waals surface area contributed by atoms with Crippen molar-refractivity contribution >= 4 is 11.7 Å². The van der Waals surface area contributed by atoms with Crippen LogP contribution in [-0.4, -0.2) is 59.5 Å². The van der Waals surface area contributed by atoms with E-state index in [1.54, 1.807) is 0 Å². The van der Waals surface area contributed by atoms with Gasteiger partial charge in [0.15, 0.2) is 0 Å². The molecule has 1 aromatic heterocycles. The average Bonchev–Trinajstić information content (AvgIpc) is 3.23. The minimum Gasteiger partial charge on any atom is -0.357 e. The van der Waals surface area contributed by atoms with Gasteiger partial charge < -0.3 is 10.2 Å². The number of aryl methyl sites for hydroxylation is 1. The van der Waals surface area contributed by atoms with Crippen molar-refractivity contribution in [2.24, 2.45) is 0 Å². The summed E-state index contributed by atoms with van der Waals surface area (Å²) in [5.41, 5.74) is 1.15. The SMILES string of the molecule is Cc1nc([C@@H]2CCCN(CC(=O)NC3CC3)C2)cc(N2CCCC2)n1. The van der Waals surface area contributed by atoms with Gasteiger partial charge in [-0.3, -0.25) is 9.69 Å². The van der Waals surface area contributed by atoms with Crippen LogP contribution in [0.15, 0.2) is 6.07 Å². The molecule has 0 bridgehead atoms. The third kappa shape index (κ3) is 4.29. The number of hydrogen-bond donors (Lipinski definition) is 1. The molecule has 1 aliphatic carbocycles. The summed E-state index contributed by atoms with van der Waals surface area (Å²) >= 11 is 0. The fourth-order valence-electron chi connectivity index (χ4n) is 4.04. The van der Waals surface area contributed by atoms with Crippen molar-refractivity contribution in [3.63, 3.8) is 0 Å². The first-order valence-electron chi connectivity index (χ1n) is 9.79. The summed E-state index contributed by atoms with van der Waals surface area (Å²) in [5, 5.41) is 3.10. The maximum atomic E-state index is 12.1. The van der Waals surface area contributed by atoms with Gasteiger partial charge >= 0.3 is 0 Å². The Bertz CT molecular complexity index is 624. The zero-order valence-corrected chi connectivity index (χ0v) is 15.2. The van der Waals surface area contributed by atoms with Crippen LogP contribution in [0.1, 0.15) is 56.0 Å². The molecule has 3 aliphatic rings. The summed E-state index contributed by atoms with van der Waals surface area (Å²) in [4.78, 5) is 26.2. The van der Waals surface area contributed by atoms with Crippen molar-refractivity contribution in [2.75, 3.05) is 37.6 Å². The van der Waals surface area contributed by atoms with Gasteiger partial charge in [-0.2, -0.15) is 0 Å². The third-order valence-electron chi connectivity index (χ3n) is 5.51. The maximum absolute atomic E-state index is 12.1. The monoisotopic (exact) mass is 343 g/mol. The summed E-state index contributed by atoms with van der Waals surface area (Å²) in [5.74, 6) is 2.54. The third-order valence-corrected chi connectivity index (χ3v) is 5.51. The summed E-state index contributed by atoms with van der Waals surface area (Å²) in [7, 11) is 0. The van der Waals surface area contributed by atoms with Gasteiger partial charge in [-0.05, 0) is 52.0 Å². The van der Waals surface area contributed by atoms with Gasteiger partial charge in [0.2, 0.25) is 5.91 Å². The second kappa shape index (κ2) is 7.28. The largest absolute Gasteiger partial charge is 0.357 e. The van der Waals surface area contributed by atoms with Crippen molar-refractivity contribution in [3.05, 3.63) is 17.6 Å². The molecule has 25 heavy (non-hydrogen) atoms. The topological polar surface area (TPSA) is 61.4 Å². The molecule has 0 spiro atoms. The number of anilines is 1. The molecule has 3 fully saturated rings. The first-order valence-corrected chi connectivity index (χ1v) is 9.79. The highest BCUT2D eigenvalue weighted by molar-refractivity contribution is 5.78. The molecule has 0 radical (unpaired) electrons. The number of aromatic nitrogens is 2. The van der Waals surface area contributed by atoms with Gasteiger partial charge in [-0.15, -0.1) is 0 Å². The van der Waals surface area contributed by atoms with E-state index >= 15 is 0 Å². The fraction of sp³-hybridized carbons (Fsp3) is 0.737. The highest BCUT2D eigenvalue weighted by Gasteiger charge is 2.28. The summed E-state index contributed by atoms with van der Waals surface area (Å²) in [6.45, 7) is 6.66. The first kappa shape index (κ1) is 16.8. The number of nitrogens with zero attached hydrogens (tertiary/aromatic N) is 4. The predicted octanol–water partition coefficient (Wildman–Crippen LogP) is 1.84. The Kier molecular flexibility index (Phi) is 4.88. The van der Waals surface area contributed by atoms with E-state index in [9.17, 15) is 4.79 Å². The highest BCUT2D eigenvalue weighted by Crippen LogP contribution is 2.28. The van der Waals surface area contributed by atoms with E-state index in [1.807, 2.05) is 6.92 Å². The molecule has 3 heterocycles. The van der Waals surface area contributed by atoms with Gasteiger partial charge in [0.25, 0.3) is 0 Å². The number of nitrogens with one attached hydrogen (secondary N) is 1. The number of piperidine rings is 1. The Labute approximate surface area is 150 Å². The van der Waals surface area contributed by atoms with E-state index in [-0.39, 0.29) is 5.91 Å². The lowest BCUT2D eigenvalue weighted by atomic mass is 9.94. The molecule has 1 atom stereocenters. The zero-order chi connectivity index (χ0) is 17.2. The van der Waals surface area contributed by atoms with E-state index < -0.39 is 0 Å². The highest BCUT2D eigenvalue weighted by atomic mass is 16.2. The Morgan fingerprint density at radius 1 is 1.16 bits per heavy atom. The van der Waals surface area contributed by atoms with Crippen LogP contribution in [0.5, 0.6) is 0 Å². The van der Waals surface area contributed by atoms with E-state index in [1.165, 1.54) is 12.8 Å². The molecule has 2 aliphatic heterocycles. The van der Waals surface area contributed by atoms with Crippen molar-refractivity contribution < 1.29 is 4.79 Å².